The average molecular weight is 532 g/mol. The van der Waals surface area contributed by atoms with Gasteiger partial charge >= 0.3 is 47.9 Å². The van der Waals surface area contributed by atoms with Crippen LogP contribution in [0.15, 0.2) is 12.2 Å². The van der Waals surface area contributed by atoms with Crippen LogP contribution in [0.5, 0.6) is 0 Å². The highest BCUT2D eigenvalue weighted by atomic mass is 19.4. The van der Waals surface area contributed by atoms with Crippen LogP contribution in [0.25, 0.3) is 0 Å². The molecule has 0 aliphatic rings. The monoisotopic (exact) mass is 532 g/mol. The highest BCUT2D eigenvalue weighted by molar-refractivity contribution is 5.87. The van der Waals surface area contributed by atoms with E-state index in [1.54, 1.807) is 0 Å². The minimum atomic E-state index is -8.49. The molecule has 0 spiro atoms. The fourth-order valence-corrected chi connectivity index (χ4v) is 1.72. The summed E-state index contributed by atoms with van der Waals surface area (Å²) in [5.74, 6) is -50.6. The summed E-state index contributed by atoms with van der Waals surface area (Å²) in [6.45, 7) is 3.14. The van der Waals surface area contributed by atoms with Crippen LogP contribution < -0.4 is 0 Å². The van der Waals surface area contributed by atoms with Crippen LogP contribution in [0.4, 0.5) is 74.6 Å². The van der Waals surface area contributed by atoms with Gasteiger partial charge in [0.2, 0.25) is 6.17 Å². The van der Waals surface area contributed by atoms with Gasteiger partial charge in [-0.25, -0.2) is 22.4 Å². The van der Waals surface area contributed by atoms with Gasteiger partial charge in [-0.3, -0.25) is 0 Å². The van der Waals surface area contributed by atoms with Crippen molar-refractivity contribution in [1.82, 2.24) is 0 Å². The molecule has 196 valence electrons. The van der Waals surface area contributed by atoms with Crippen molar-refractivity contribution < 1.29 is 84.2 Å². The summed E-state index contributed by atoms with van der Waals surface area (Å²) in [5.41, 5.74) is -1.06. The Labute approximate surface area is 171 Å². The fourth-order valence-electron chi connectivity index (χ4n) is 1.72. The van der Waals surface area contributed by atoms with Crippen LogP contribution in [0.2, 0.25) is 0 Å². The molecule has 0 amide bonds. The van der Waals surface area contributed by atoms with E-state index in [4.69, 9.17) is 0 Å². The number of hydrogen-bond donors (Lipinski definition) is 0. The number of esters is 1. The average Bonchev–Trinajstić information content (AvgIpc) is 2.65. The smallest absolute Gasteiger partial charge is 0.385 e. The zero-order valence-electron chi connectivity index (χ0n) is 15.3. The van der Waals surface area contributed by atoms with Gasteiger partial charge in [-0.15, -0.1) is 0 Å². The first-order valence-corrected chi connectivity index (χ1v) is 7.60. The van der Waals surface area contributed by atoms with Crippen molar-refractivity contribution in [1.29, 1.82) is 0 Å². The van der Waals surface area contributed by atoms with E-state index < -0.39 is 72.2 Å². The highest BCUT2D eigenvalue weighted by Crippen LogP contribution is 2.61. The van der Waals surface area contributed by atoms with E-state index in [9.17, 15) is 79.4 Å². The minimum absolute atomic E-state index is 0.543. The second-order valence-electron chi connectivity index (χ2n) is 6.23. The molecule has 0 rings (SSSR count). The van der Waals surface area contributed by atoms with E-state index in [2.05, 4.69) is 11.3 Å². The summed E-state index contributed by atoms with van der Waals surface area (Å²) in [7, 11) is 0. The Balaban J connectivity index is 6.51. The van der Waals surface area contributed by atoms with Crippen molar-refractivity contribution in [2.24, 2.45) is 0 Å². The maximum absolute atomic E-state index is 13.5. The molecule has 0 heterocycles. The van der Waals surface area contributed by atoms with Gasteiger partial charge in [-0.2, -0.15) is 57.1 Å². The lowest BCUT2D eigenvalue weighted by molar-refractivity contribution is -0.439. The molecule has 0 aromatic carbocycles. The van der Waals surface area contributed by atoms with E-state index in [1.165, 1.54) is 0 Å². The van der Waals surface area contributed by atoms with Gasteiger partial charge in [0.1, 0.15) is 0 Å². The highest BCUT2D eigenvalue weighted by Gasteiger charge is 2.92. The quantitative estimate of drug-likeness (QED) is 0.181. The number of carbonyl (C=O) groups is 1. The molecule has 0 aromatic rings. The number of ether oxygens (including phenoxy) is 1. The van der Waals surface area contributed by atoms with Gasteiger partial charge in [-0.1, -0.05) is 6.58 Å². The molecule has 3 atom stereocenters. The number of alkyl halides is 17. The second kappa shape index (κ2) is 8.99. The van der Waals surface area contributed by atoms with Crippen molar-refractivity contribution in [3.63, 3.8) is 0 Å². The topological polar surface area (TPSA) is 26.3 Å². The maximum atomic E-state index is 13.5. The largest absolute Gasteiger partial charge is 0.421 e. The Morgan fingerprint density at radius 3 is 1.30 bits per heavy atom. The van der Waals surface area contributed by atoms with Gasteiger partial charge in [-0.05, 0) is 6.92 Å². The molecule has 0 bridgehead atoms. The van der Waals surface area contributed by atoms with Crippen molar-refractivity contribution >= 4 is 5.97 Å². The molecule has 0 aliphatic heterocycles. The van der Waals surface area contributed by atoms with Gasteiger partial charge < -0.3 is 4.74 Å². The molecular formula is C14H9F17O2. The molecule has 33 heavy (non-hydrogen) atoms. The molecule has 0 aliphatic carbocycles. The third-order valence-electron chi connectivity index (χ3n) is 3.73. The van der Waals surface area contributed by atoms with Gasteiger partial charge in [0.15, 0.2) is 6.17 Å². The van der Waals surface area contributed by atoms with Crippen LogP contribution in [-0.2, 0) is 9.53 Å². The number of hydrogen-bond acceptors (Lipinski definition) is 2. The number of carbonyl (C=O) groups excluding carboxylic acids is 1. The maximum Gasteiger partial charge on any atom is 0.385 e. The predicted molar refractivity (Wildman–Crippen MR) is 71.3 cm³/mol. The van der Waals surface area contributed by atoms with Crippen LogP contribution in [-0.4, -0.2) is 66.6 Å². The lowest BCUT2D eigenvalue weighted by atomic mass is 9.89. The van der Waals surface area contributed by atoms with Crippen molar-refractivity contribution in [3.05, 3.63) is 12.2 Å². The predicted octanol–water partition coefficient (Wildman–Crippen LogP) is 6.15. The standard InChI is InChI=1S/C14H9F17O2/c1-3(2)7(32)33-8(19)10(22,23)12(26,27)14(30,31)13(28,29)11(24,25)9(20,21)5(16)4(15)6(17)18/h4-6,8H,1H2,2H3. The van der Waals surface area contributed by atoms with Crippen molar-refractivity contribution in [3.8, 4) is 0 Å². The van der Waals surface area contributed by atoms with Gasteiger partial charge in [0, 0.05) is 5.57 Å². The minimum Gasteiger partial charge on any atom is -0.421 e. The van der Waals surface area contributed by atoms with E-state index >= 15 is 0 Å². The van der Waals surface area contributed by atoms with Crippen LogP contribution in [0.3, 0.4) is 0 Å². The Bertz CT molecular complexity index is 731. The summed E-state index contributed by atoms with van der Waals surface area (Å²) in [4.78, 5) is 10.8. The lowest BCUT2D eigenvalue weighted by Gasteiger charge is -2.42. The molecule has 0 saturated carbocycles. The van der Waals surface area contributed by atoms with E-state index in [-0.39, 0.29) is 0 Å². The van der Waals surface area contributed by atoms with Crippen LogP contribution in [0.1, 0.15) is 6.92 Å². The molecule has 0 saturated heterocycles. The summed E-state index contributed by atoms with van der Waals surface area (Å²) in [6, 6.07) is 0. The molecule has 2 nitrogen and oxygen atoms in total. The zero-order chi connectivity index (χ0) is 27.2. The molecule has 3 unspecified atom stereocenters. The van der Waals surface area contributed by atoms with Gasteiger partial charge in [0.05, 0.1) is 0 Å². The normalized spacial score (nSPS) is 17.5. The summed E-state index contributed by atoms with van der Waals surface area (Å²) in [6.07, 6.45) is -21.0. The molecule has 0 aromatic heterocycles. The third-order valence-corrected chi connectivity index (χ3v) is 3.73. The third kappa shape index (κ3) is 4.67. The second-order valence-corrected chi connectivity index (χ2v) is 6.23. The lowest BCUT2D eigenvalue weighted by Crippen LogP contribution is -2.73. The van der Waals surface area contributed by atoms with E-state index in [1.807, 2.05) is 0 Å². The molecule has 0 fully saturated rings. The zero-order valence-corrected chi connectivity index (χ0v) is 15.3. The first-order valence-electron chi connectivity index (χ1n) is 7.60. The summed E-state index contributed by atoms with van der Waals surface area (Å²) < 4.78 is 226. The molecule has 19 heteroatoms. The first kappa shape index (κ1) is 31.0. The fraction of sp³-hybridized carbons (Fsp3) is 0.786. The van der Waals surface area contributed by atoms with Crippen molar-refractivity contribution in [2.75, 3.05) is 0 Å². The molecule has 0 N–H and O–H groups in total. The van der Waals surface area contributed by atoms with E-state index in [0.29, 0.717) is 6.92 Å². The van der Waals surface area contributed by atoms with Crippen LogP contribution >= 0.6 is 0 Å². The number of halogens is 17. The summed E-state index contributed by atoms with van der Waals surface area (Å²) >= 11 is 0. The Morgan fingerprint density at radius 2 is 1.00 bits per heavy atom. The van der Waals surface area contributed by atoms with Crippen molar-refractivity contribution in [2.45, 2.75) is 67.6 Å². The molecule has 0 radical (unpaired) electrons. The Hall–Kier alpha value is -1.98. The Kier molecular flexibility index (Phi) is 8.45. The van der Waals surface area contributed by atoms with Gasteiger partial charge in [0.25, 0.3) is 6.43 Å². The van der Waals surface area contributed by atoms with Crippen LogP contribution in [0, 0.1) is 0 Å². The SMILES string of the molecule is C=C(C)C(=O)OC(F)C(F)(F)C(F)(F)C(F)(F)C(F)(F)C(F)(F)C(F)(F)C(F)C(F)C(F)F. The van der Waals surface area contributed by atoms with E-state index in [0.717, 1.165) is 0 Å². The molecular weight excluding hydrogens is 523 g/mol. The number of rotatable bonds is 11. The first-order chi connectivity index (χ1) is 14.3. The summed E-state index contributed by atoms with van der Waals surface area (Å²) in [5, 5.41) is 0. The Morgan fingerprint density at radius 1 is 0.667 bits per heavy atom.